The highest BCUT2D eigenvalue weighted by Gasteiger charge is 2.29. The van der Waals surface area contributed by atoms with Crippen LogP contribution in [0.4, 0.5) is 10.5 Å². The molecule has 5 rings (SSSR count). The van der Waals surface area contributed by atoms with Crippen molar-refractivity contribution in [2.75, 3.05) is 31.6 Å². The summed E-state index contributed by atoms with van der Waals surface area (Å²) in [6.07, 6.45) is 8.92. The summed E-state index contributed by atoms with van der Waals surface area (Å²) in [7, 11) is 0. The van der Waals surface area contributed by atoms with Crippen LogP contribution in [0.3, 0.4) is 0 Å². The van der Waals surface area contributed by atoms with Crippen molar-refractivity contribution in [2.45, 2.75) is 25.9 Å². The molecule has 8 heteroatoms. The maximum atomic E-state index is 12.6. The number of fused-ring (bicyclic) bond motifs is 1. The summed E-state index contributed by atoms with van der Waals surface area (Å²) in [6, 6.07) is 5.60. The standard InChI is InChI=1S/C23H25N5O3/c29-22(18-6-10-31-15-18)27-8-4-16(5-9-27)21-2-1-20(12-25-21)26-23(30)28-13-17-3-7-24-11-19(17)14-28/h1-4,7,11-12,18H,5-6,8-10,13-15H2,(H,26,30). The van der Waals surface area contributed by atoms with Crippen molar-refractivity contribution < 1.29 is 14.3 Å². The van der Waals surface area contributed by atoms with E-state index in [9.17, 15) is 9.59 Å². The summed E-state index contributed by atoms with van der Waals surface area (Å²) in [4.78, 5) is 37.4. The SMILES string of the molecule is O=C(Nc1ccc(C2=CCN(C(=O)C3CCOC3)CC2)nc1)N1Cc2ccncc2C1. The van der Waals surface area contributed by atoms with E-state index in [0.29, 0.717) is 45.1 Å². The van der Waals surface area contributed by atoms with Crippen LogP contribution in [-0.2, 0) is 22.6 Å². The van der Waals surface area contributed by atoms with E-state index in [1.807, 2.05) is 29.3 Å². The number of carbonyl (C=O) groups excluding carboxylic acids is 2. The van der Waals surface area contributed by atoms with Gasteiger partial charge in [-0.3, -0.25) is 14.8 Å². The van der Waals surface area contributed by atoms with Gasteiger partial charge in [-0.05, 0) is 47.7 Å². The molecule has 0 bridgehead atoms. The van der Waals surface area contributed by atoms with Gasteiger partial charge in [0, 0.05) is 45.2 Å². The van der Waals surface area contributed by atoms with Gasteiger partial charge in [0.05, 0.1) is 30.1 Å². The van der Waals surface area contributed by atoms with Gasteiger partial charge in [-0.1, -0.05) is 6.08 Å². The lowest BCUT2D eigenvalue weighted by molar-refractivity contribution is -0.135. The minimum absolute atomic E-state index is 0.00984. The zero-order chi connectivity index (χ0) is 21.2. The zero-order valence-electron chi connectivity index (χ0n) is 17.3. The van der Waals surface area contributed by atoms with E-state index in [4.69, 9.17) is 4.74 Å². The first kappa shape index (κ1) is 19.7. The maximum Gasteiger partial charge on any atom is 0.322 e. The number of hydrogen-bond acceptors (Lipinski definition) is 5. The number of urea groups is 1. The van der Waals surface area contributed by atoms with Crippen molar-refractivity contribution in [1.82, 2.24) is 19.8 Å². The molecule has 1 saturated heterocycles. The van der Waals surface area contributed by atoms with Crippen molar-refractivity contribution >= 4 is 23.2 Å². The van der Waals surface area contributed by atoms with Crippen LogP contribution in [0.1, 0.15) is 29.7 Å². The summed E-state index contributed by atoms with van der Waals surface area (Å²) in [5.74, 6) is 0.203. The van der Waals surface area contributed by atoms with Crippen molar-refractivity contribution in [1.29, 1.82) is 0 Å². The van der Waals surface area contributed by atoms with Crippen molar-refractivity contribution in [3.05, 3.63) is 59.7 Å². The molecule has 1 N–H and O–H groups in total. The Morgan fingerprint density at radius 3 is 2.71 bits per heavy atom. The minimum Gasteiger partial charge on any atom is -0.381 e. The van der Waals surface area contributed by atoms with Crippen LogP contribution in [0.15, 0.2) is 42.9 Å². The van der Waals surface area contributed by atoms with Crippen molar-refractivity contribution in [3.8, 4) is 0 Å². The highest BCUT2D eigenvalue weighted by atomic mass is 16.5. The van der Waals surface area contributed by atoms with E-state index >= 15 is 0 Å². The monoisotopic (exact) mass is 419 g/mol. The first-order chi connectivity index (χ1) is 15.2. The van der Waals surface area contributed by atoms with Gasteiger partial charge in [-0.2, -0.15) is 0 Å². The second-order valence-electron chi connectivity index (χ2n) is 8.19. The van der Waals surface area contributed by atoms with E-state index in [2.05, 4.69) is 21.4 Å². The first-order valence-corrected chi connectivity index (χ1v) is 10.7. The van der Waals surface area contributed by atoms with E-state index < -0.39 is 0 Å². The van der Waals surface area contributed by atoms with Crippen LogP contribution in [-0.4, -0.2) is 58.0 Å². The van der Waals surface area contributed by atoms with Gasteiger partial charge in [-0.25, -0.2) is 4.79 Å². The molecule has 1 unspecified atom stereocenters. The predicted molar refractivity (Wildman–Crippen MR) is 115 cm³/mol. The fourth-order valence-corrected chi connectivity index (χ4v) is 4.31. The molecule has 0 aromatic carbocycles. The molecule has 8 nitrogen and oxygen atoms in total. The number of rotatable bonds is 3. The third-order valence-corrected chi connectivity index (χ3v) is 6.16. The van der Waals surface area contributed by atoms with E-state index in [1.165, 1.54) is 0 Å². The Morgan fingerprint density at radius 1 is 1.10 bits per heavy atom. The largest absolute Gasteiger partial charge is 0.381 e. The van der Waals surface area contributed by atoms with Gasteiger partial charge in [0.15, 0.2) is 0 Å². The molecule has 5 heterocycles. The van der Waals surface area contributed by atoms with E-state index in [-0.39, 0.29) is 17.9 Å². The lowest BCUT2D eigenvalue weighted by Crippen LogP contribution is -2.39. The quantitative estimate of drug-likeness (QED) is 0.827. The number of carbonyl (C=O) groups is 2. The van der Waals surface area contributed by atoms with Crippen LogP contribution >= 0.6 is 0 Å². The van der Waals surface area contributed by atoms with Crippen LogP contribution in [0.5, 0.6) is 0 Å². The lowest BCUT2D eigenvalue weighted by atomic mass is 10.0. The number of ether oxygens (including phenoxy) is 1. The number of amides is 3. The summed E-state index contributed by atoms with van der Waals surface area (Å²) in [5, 5.41) is 2.92. The molecule has 3 aliphatic rings. The number of anilines is 1. The molecule has 2 aromatic rings. The third-order valence-electron chi connectivity index (χ3n) is 6.16. The Kier molecular flexibility index (Phi) is 5.38. The minimum atomic E-state index is -0.146. The maximum absolute atomic E-state index is 12.6. The Hall–Kier alpha value is -3.26. The molecule has 3 amide bonds. The fourth-order valence-electron chi connectivity index (χ4n) is 4.31. The highest BCUT2D eigenvalue weighted by molar-refractivity contribution is 5.89. The Morgan fingerprint density at radius 2 is 2.00 bits per heavy atom. The van der Waals surface area contributed by atoms with Crippen LogP contribution in [0, 0.1) is 5.92 Å². The van der Waals surface area contributed by atoms with Gasteiger partial charge < -0.3 is 19.9 Å². The zero-order valence-corrected chi connectivity index (χ0v) is 17.3. The molecule has 0 aliphatic carbocycles. The second kappa shape index (κ2) is 8.47. The lowest BCUT2D eigenvalue weighted by Gasteiger charge is -2.28. The normalized spacial score (nSPS) is 20.4. The Balaban J connectivity index is 1.17. The molecular weight excluding hydrogens is 394 g/mol. The van der Waals surface area contributed by atoms with Gasteiger partial charge >= 0.3 is 6.03 Å². The van der Waals surface area contributed by atoms with Crippen LogP contribution in [0.25, 0.3) is 5.57 Å². The predicted octanol–water partition coefficient (Wildman–Crippen LogP) is 2.68. The number of nitrogens with one attached hydrogen (secondary N) is 1. The summed E-state index contributed by atoms with van der Waals surface area (Å²) in [5.41, 5.74) is 4.90. The van der Waals surface area contributed by atoms with E-state index in [1.54, 1.807) is 17.3 Å². The fraction of sp³-hybridized carbons (Fsp3) is 0.391. The number of nitrogens with zero attached hydrogens (tertiary/aromatic N) is 4. The summed E-state index contributed by atoms with van der Waals surface area (Å²) >= 11 is 0. The third kappa shape index (κ3) is 4.16. The Labute approximate surface area is 180 Å². The van der Waals surface area contributed by atoms with E-state index in [0.717, 1.165) is 35.2 Å². The average molecular weight is 419 g/mol. The number of hydrogen-bond donors (Lipinski definition) is 1. The summed E-state index contributed by atoms with van der Waals surface area (Å²) in [6.45, 7) is 3.68. The molecular formula is C23H25N5O3. The van der Waals surface area contributed by atoms with Crippen molar-refractivity contribution in [3.63, 3.8) is 0 Å². The van der Waals surface area contributed by atoms with Crippen LogP contribution < -0.4 is 5.32 Å². The van der Waals surface area contributed by atoms with Gasteiger partial charge in [-0.15, -0.1) is 0 Å². The number of pyridine rings is 2. The molecule has 0 spiro atoms. The smallest absolute Gasteiger partial charge is 0.322 e. The molecule has 0 radical (unpaired) electrons. The van der Waals surface area contributed by atoms with Gasteiger partial charge in [0.1, 0.15) is 0 Å². The summed E-state index contributed by atoms with van der Waals surface area (Å²) < 4.78 is 5.34. The van der Waals surface area contributed by atoms with Crippen LogP contribution in [0.2, 0.25) is 0 Å². The average Bonchev–Trinajstić information content (AvgIpc) is 3.49. The van der Waals surface area contributed by atoms with Gasteiger partial charge in [0.25, 0.3) is 0 Å². The molecule has 3 aliphatic heterocycles. The van der Waals surface area contributed by atoms with Gasteiger partial charge in [0.2, 0.25) is 5.91 Å². The Bertz CT molecular complexity index is 989. The van der Waals surface area contributed by atoms with Crippen molar-refractivity contribution in [2.24, 2.45) is 5.92 Å². The molecule has 1 atom stereocenters. The topological polar surface area (TPSA) is 87.7 Å². The molecule has 31 heavy (non-hydrogen) atoms. The second-order valence-corrected chi connectivity index (χ2v) is 8.19. The number of aromatic nitrogens is 2. The first-order valence-electron chi connectivity index (χ1n) is 10.7. The highest BCUT2D eigenvalue weighted by Crippen LogP contribution is 2.25. The molecule has 0 saturated carbocycles. The molecule has 1 fully saturated rings. The molecule has 2 aromatic heterocycles. The molecule has 160 valence electrons.